The summed E-state index contributed by atoms with van der Waals surface area (Å²) in [5, 5.41) is 2.28. The van der Waals surface area contributed by atoms with Crippen molar-refractivity contribution in [1.29, 1.82) is 0 Å². The highest BCUT2D eigenvalue weighted by Gasteiger charge is 2.27. The van der Waals surface area contributed by atoms with E-state index in [1.54, 1.807) is 6.07 Å². The number of rotatable bonds is 4. The van der Waals surface area contributed by atoms with Gasteiger partial charge in [0.25, 0.3) is 0 Å². The molecule has 5 rings (SSSR count). The van der Waals surface area contributed by atoms with Crippen molar-refractivity contribution in [3.63, 3.8) is 0 Å². The first kappa shape index (κ1) is 20.0. The molecule has 0 spiro atoms. The highest BCUT2D eigenvalue weighted by atomic mass is 19.1. The summed E-state index contributed by atoms with van der Waals surface area (Å²) >= 11 is 0. The minimum absolute atomic E-state index is 0.157. The first-order valence-corrected chi connectivity index (χ1v) is 10.3. The van der Waals surface area contributed by atoms with Gasteiger partial charge in [0.05, 0.1) is 22.6 Å². The molecule has 158 valence electrons. The van der Waals surface area contributed by atoms with E-state index in [1.807, 2.05) is 60.9 Å². The lowest BCUT2D eigenvalue weighted by molar-refractivity contribution is 0.514. The molecule has 6 heteroatoms. The lowest BCUT2D eigenvalue weighted by Gasteiger charge is -2.24. The van der Waals surface area contributed by atoms with Crippen LogP contribution in [-0.2, 0) is 5.41 Å². The van der Waals surface area contributed by atoms with Crippen molar-refractivity contribution in [2.45, 2.75) is 19.3 Å². The first-order chi connectivity index (χ1) is 15.4. The molecule has 0 N–H and O–H groups in total. The SMILES string of the molecule is CC(C)(c1cccc(-c2ccc(F)nc2F)n1)c1cccc(-n2cc3ccccc3c2)n1. The van der Waals surface area contributed by atoms with Gasteiger partial charge in [0.2, 0.25) is 11.9 Å². The molecule has 0 radical (unpaired) electrons. The zero-order chi connectivity index (χ0) is 22.3. The molecule has 0 saturated carbocycles. The Bertz CT molecular complexity index is 1410. The third-order valence-electron chi connectivity index (χ3n) is 5.67. The van der Waals surface area contributed by atoms with Crippen molar-refractivity contribution in [3.8, 4) is 17.1 Å². The second kappa shape index (κ2) is 7.64. The van der Waals surface area contributed by atoms with Gasteiger partial charge in [0.1, 0.15) is 5.82 Å². The van der Waals surface area contributed by atoms with E-state index < -0.39 is 17.3 Å². The van der Waals surface area contributed by atoms with Crippen LogP contribution in [0.5, 0.6) is 0 Å². The maximum atomic E-state index is 14.2. The highest BCUT2D eigenvalue weighted by molar-refractivity contribution is 5.82. The number of hydrogen-bond acceptors (Lipinski definition) is 3. The first-order valence-electron chi connectivity index (χ1n) is 10.3. The summed E-state index contributed by atoms with van der Waals surface area (Å²) in [7, 11) is 0. The molecule has 0 saturated heterocycles. The Morgan fingerprint density at radius 3 is 2.03 bits per heavy atom. The molecule has 1 aromatic carbocycles. The van der Waals surface area contributed by atoms with Crippen LogP contribution in [0.2, 0.25) is 0 Å². The van der Waals surface area contributed by atoms with E-state index in [9.17, 15) is 8.78 Å². The summed E-state index contributed by atoms with van der Waals surface area (Å²) < 4.78 is 29.4. The third-order valence-corrected chi connectivity index (χ3v) is 5.67. The summed E-state index contributed by atoms with van der Waals surface area (Å²) in [6.07, 6.45) is 4.11. The van der Waals surface area contributed by atoms with Crippen molar-refractivity contribution in [2.24, 2.45) is 0 Å². The van der Waals surface area contributed by atoms with Crippen molar-refractivity contribution in [3.05, 3.63) is 108 Å². The molecule has 0 atom stereocenters. The number of nitrogens with zero attached hydrogens (tertiary/aromatic N) is 4. The number of benzene rings is 1. The fraction of sp³-hybridized carbons (Fsp3) is 0.115. The topological polar surface area (TPSA) is 43.6 Å². The number of fused-ring (bicyclic) bond motifs is 1. The van der Waals surface area contributed by atoms with Gasteiger partial charge in [-0.05, 0) is 61.0 Å². The second-order valence-electron chi connectivity index (χ2n) is 8.18. The molecule has 5 aromatic rings. The number of aromatic nitrogens is 4. The Morgan fingerprint density at radius 2 is 1.34 bits per heavy atom. The zero-order valence-corrected chi connectivity index (χ0v) is 17.6. The Morgan fingerprint density at radius 1 is 0.688 bits per heavy atom. The van der Waals surface area contributed by atoms with Gasteiger partial charge in [-0.15, -0.1) is 0 Å². The van der Waals surface area contributed by atoms with Crippen LogP contribution in [0.4, 0.5) is 8.78 Å². The van der Waals surface area contributed by atoms with E-state index in [4.69, 9.17) is 4.98 Å². The maximum absolute atomic E-state index is 14.2. The predicted molar refractivity (Wildman–Crippen MR) is 121 cm³/mol. The Balaban J connectivity index is 1.54. The van der Waals surface area contributed by atoms with Gasteiger partial charge in [-0.2, -0.15) is 13.8 Å². The van der Waals surface area contributed by atoms with E-state index in [2.05, 4.69) is 34.5 Å². The monoisotopic (exact) mass is 426 g/mol. The van der Waals surface area contributed by atoms with Gasteiger partial charge in [0, 0.05) is 17.8 Å². The highest BCUT2D eigenvalue weighted by Crippen LogP contribution is 2.31. The Hall–Kier alpha value is -3.93. The Labute approximate surface area is 184 Å². The molecule has 4 aromatic heterocycles. The van der Waals surface area contributed by atoms with Crippen LogP contribution in [0, 0.1) is 11.9 Å². The standard InChI is InChI=1S/C26H20F2N4/c1-26(2,21-10-5-9-20(29-21)19-13-14-23(27)31-25(19)28)22-11-6-12-24(30-22)32-15-17-7-3-4-8-18(17)16-32/h3-16H,1-2H3. The Kier molecular flexibility index (Phi) is 4.78. The predicted octanol–water partition coefficient (Wildman–Crippen LogP) is 6.09. The van der Waals surface area contributed by atoms with Crippen LogP contribution in [0.3, 0.4) is 0 Å². The minimum Gasteiger partial charge on any atom is -0.307 e. The van der Waals surface area contributed by atoms with Crippen molar-refractivity contribution >= 4 is 10.8 Å². The molecule has 0 aliphatic rings. The van der Waals surface area contributed by atoms with Crippen molar-refractivity contribution in [1.82, 2.24) is 19.5 Å². The normalized spacial score (nSPS) is 11.8. The van der Waals surface area contributed by atoms with Gasteiger partial charge in [0.15, 0.2) is 0 Å². The largest absolute Gasteiger partial charge is 0.307 e. The summed E-state index contributed by atoms with van der Waals surface area (Å²) in [5.41, 5.74) is 1.55. The molecule has 4 heterocycles. The van der Waals surface area contributed by atoms with Crippen LogP contribution in [-0.4, -0.2) is 19.5 Å². The average Bonchev–Trinajstić information content (AvgIpc) is 3.24. The van der Waals surface area contributed by atoms with Gasteiger partial charge in [-0.1, -0.05) is 36.4 Å². The molecular formula is C26H20F2N4. The summed E-state index contributed by atoms with van der Waals surface area (Å²) in [5.74, 6) is -0.939. The molecule has 0 amide bonds. The van der Waals surface area contributed by atoms with Gasteiger partial charge in [-0.25, -0.2) is 4.98 Å². The second-order valence-corrected chi connectivity index (χ2v) is 8.18. The van der Waals surface area contributed by atoms with Gasteiger partial charge >= 0.3 is 0 Å². The van der Waals surface area contributed by atoms with Crippen molar-refractivity contribution in [2.75, 3.05) is 0 Å². The van der Waals surface area contributed by atoms with Gasteiger partial charge in [-0.3, -0.25) is 4.98 Å². The van der Waals surface area contributed by atoms with E-state index in [0.717, 1.165) is 34.0 Å². The van der Waals surface area contributed by atoms with E-state index in [-0.39, 0.29) is 5.56 Å². The van der Waals surface area contributed by atoms with Crippen LogP contribution in [0.1, 0.15) is 25.2 Å². The third kappa shape index (κ3) is 3.54. The molecule has 0 aliphatic heterocycles. The van der Waals surface area contributed by atoms with Crippen LogP contribution in [0.15, 0.2) is 85.2 Å². The lowest BCUT2D eigenvalue weighted by atomic mass is 9.84. The molecule has 32 heavy (non-hydrogen) atoms. The van der Waals surface area contributed by atoms with Crippen LogP contribution >= 0.6 is 0 Å². The van der Waals surface area contributed by atoms with E-state index in [1.165, 1.54) is 6.07 Å². The average molecular weight is 426 g/mol. The smallest absolute Gasteiger partial charge is 0.224 e. The van der Waals surface area contributed by atoms with Crippen molar-refractivity contribution < 1.29 is 8.78 Å². The molecule has 0 unspecified atom stereocenters. The number of hydrogen-bond donors (Lipinski definition) is 0. The molecule has 0 aliphatic carbocycles. The summed E-state index contributed by atoms with van der Waals surface area (Å²) in [4.78, 5) is 12.8. The minimum atomic E-state index is -0.882. The molecular weight excluding hydrogens is 406 g/mol. The fourth-order valence-electron chi connectivity index (χ4n) is 3.80. The maximum Gasteiger partial charge on any atom is 0.224 e. The summed E-state index contributed by atoms with van der Waals surface area (Å²) in [6.45, 7) is 4.05. The number of halogens is 2. The number of pyridine rings is 3. The summed E-state index contributed by atoms with van der Waals surface area (Å²) in [6, 6.07) is 21.9. The van der Waals surface area contributed by atoms with Gasteiger partial charge < -0.3 is 4.57 Å². The molecule has 0 bridgehead atoms. The lowest BCUT2D eigenvalue weighted by Crippen LogP contribution is -2.23. The fourth-order valence-corrected chi connectivity index (χ4v) is 3.80. The molecule has 4 nitrogen and oxygen atoms in total. The van der Waals surface area contributed by atoms with E-state index >= 15 is 0 Å². The van der Waals surface area contributed by atoms with Crippen LogP contribution < -0.4 is 0 Å². The van der Waals surface area contributed by atoms with Crippen LogP contribution in [0.25, 0.3) is 27.8 Å². The zero-order valence-electron chi connectivity index (χ0n) is 17.6. The van der Waals surface area contributed by atoms with E-state index in [0.29, 0.717) is 5.69 Å². The quantitative estimate of drug-likeness (QED) is 0.327. The molecule has 0 fully saturated rings.